The van der Waals surface area contributed by atoms with Crippen LogP contribution in [0, 0.1) is 0 Å². The Morgan fingerprint density at radius 1 is 0.808 bits per heavy atom. The Kier molecular flexibility index (Phi) is 5.16. The van der Waals surface area contributed by atoms with Gasteiger partial charge >= 0.3 is 5.97 Å². The van der Waals surface area contributed by atoms with Crippen LogP contribution in [0.15, 0.2) is 60.4 Å². The van der Waals surface area contributed by atoms with E-state index in [1.807, 2.05) is 24.3 Å². The molecule has 3 rings (SSSR count). The number of hydrogen-bond donors (Lipinski definition) is 3. The first-order valence-corrected chi connectivity index (χ1v) is 8.62. The fourth-order valence-electron chi connectivity index (χ4n) is 3.27. The van der Waals surface area contributed by atoms with E-state index in [2.05, 4.69) is 0 Å². The largest absolute Gasteiger partial charge is 0.512 e. The molecule has 26 heavy (non-hydrogen) atoms. The maximum absolute atomic E-state index is 11.9. The first-order valence-electron chi connectivity index (χ1n) is 8.62. The molecule has 0 radical (unpaired) electrons. The number of phenols is 2. The van der Waals surface area contributed by atoms with Crippen molar-refractivity contribution in [2.75, 3.05) is 0 Å². The predicted molar refractivity (Wildman–Crippen MR) is 97.0 cm³/mol. The number of rotatable bonds is 6. The number of aliphatic hydroxyl groups is 1. The zero-order valence-corrected chi connectivity index (χ0v) is 14.4. The Labute approximate surface area is 152 Å². The van der Waals surface area contributed by atoms with Crippen LogP contribution >= 0.6 is 0 Å². The third-order valence-electron chi connectivity index (χ3n) is 4.72. The lowest BCUT2D eigenvalue weighted by molar-refractivity contribution is -0.158. The zero-order chi connectivity index (χ0) is 18.6. The molecule has 0 fully saturated rings. The average molecular weight is 354 g/mol. The van der Waals surface area contributed by atoms with Crippen LogP contribution in [0.3, 0.4) is 0 Å². The fourth-order valence-corrected chi connectivity index (χ4v) is 3.27. The minimum atomic E-state index is -0.772. The van der Waals surface area contributed by atoms with Crippen LogP contribution in [0.5, 0.6) is 11.5 Å². The van der Waals surface area contributed by atoms with Gasteiger partial charge in [0.1, 0.15) is 22.9 Å². The van der Waals surface area contributed by atoms with E-state index in [0.29, 0.717) is 25.7 Å². The van der Waals surface area contributed by atoms with Crippen LogP contribution in [0.25, 0.3) is 0 Å². The number of aryl methyl sites for hydroxylation is 2. The first-order chi connectivity index (χ1) is 12.4. The normalized spacial score (nSPS) is 16.0. The van der Waals surface area contributed by atoms with E-state index >= 15 is 0 Å². The van der Waals surface area contributed by atoms with Crippen LogP contribution < -0.4 is 0 Å². The number of benzene rings is 2. The summed E-state index contributed by atoms with van der Waals surface area (Å²) < 4.78 is 5.66. The molecule has 0 saturated heterocycles. The number of carbonyl (C=O) groups is 1. The third-order valence-corrected chi connectivity index (χ3v) is 4.72. The van der Waals surface area contributed by atoms with Crippen molar-refractivity contribution in [1.82, 2.24) is 0 Å². The number of aliphatic hydroxyl groups excluding tert-OH is 1. The van der Waals surface area contributed by atoms with Gasteiger partial charge in [0.05, 0.1) is 6.08 Å². The summed E-state index contributed by atoms with van der Waals surface area (Å²) in [7, 11) is 0. The van der Waals surface area contributed by atoms with Crippen molar-refractivity contribution < 1.29 is 24.9 Å². The molecule has 0 amide bonds. The molecule has 0 aromatic heterocycles. The number of cyclic esters (lactones) is 1. The Morgan fingerprint density at radius 3 is 1.69 bits per heavy atom. The van der Waals surface area contributed by atoms with Gasteiger partial charge in [0.25, 0.3) is 0 Å². The Hall–Kier alpha value is -2.95. The molecule has 0 saturated carbocycles. The highest BCUT2D eigenvalue weighted by molar-refractivity contribution is 5.83. The first kappa shape index (κ1) is 17.9. The monoisotopic (exact) mass is 354 g/mol. The van der Waals surface area contributed by atoms with Crippen LogP contribution in [-0.2, 0) is 22.4 Å². The van der Waals surface area contributed by atoms with E-state index in [0.717, 1.165) is 17.2 Å². The molecule has 0 unspecified atom stereocenters. The van der Waals surface area contributed by atoms with Crippen molar-refractivity contribution in [2.24, 2.45) is 0 Å². The fraction of sp³-hybridized carbons (Fsp3) is 0.286. The molecule has 0 bridgehead atoms. The lowest BCUT2D eigenvalue weighted by atomic mass is 9.84. The predicted octanol–water partition coefficient (Wildman–Crippen LogP) is 3.79. The number of ether oxygens (including phenoxy) is 1. The average Bonchev–Trinajstić information content (AvgIpc) is 2.60. The molecule has 1 aliphatic rings. The quantitative estimate of drug-likeness (QED) is 0.687. The summed E-state index contributed by atoms with van der Waals surface area (Å²) in [5.41, 5.74) is 1.28. The molecule has 5 heteroatoms. The number of esters is 1. The van der Waals surface area contributed by atoms with E-state index in [9.17, 15) is 20.1 Å². The van der Waals surface area contributed by atoms with E-state index < -0.39 is 11.6 Å². The SMILES string of the molecule is O=C1C=C(O)CC(CCc2ccc(O)cc2)(CCc2ccc(O)cc2)O1. The molecular weight excluding hydrogens is 332 g/mol. The summed E-state index contributed by atoms with van der Waals surface area (Å²) in [5.74, 6) is -0.0660. The zero-order valence-electron chi connectivity index (χ0n) is 14.4. The standard InChI is InChI=1S/C21H22O5/c22-17-5-1-15(2-6-17)9-11-21(14-19(24)13-20(25)26-21)12-10-16-3-7-18(23)8-4-16/h1-8,13,22-24H,9-12,14H2. The van der Waals surface area contributed by atoms with Gasteiger partial charge in [-0.25, -0.2) is 4.79 Å². The summed E-state index contributed by atoms with van der Waals surface area (Å²) in [6.07, 6.45) is 3.88. The van der Waals surface area contributed by atoms with Gasteiger partial charge in [-0.1, -0.05) is 24.3 Å². The second-order valence-electron chi connectivity index (χ2n) is 6.75. The molecule has 1 heterocycles. The molecule has 1 aliphatic heterocycles. The van der Waals surface area contributed by atoms with Crippen molar-refractivity contribution in [1.29, 1.82) is 0 Å². The van der Waals surface area contributed by atoms with Gasteiger partial charge in [0.15, 0.2) is 0 Å². The van der Waals surface area contributed by atoms with Gasteiger partial charge in [-0.2, -0.15) is 0 Å². The molecule has 5 nitrogen and oxygen atoms in total. The van der Waals surface area contributed by atoms with E-state index in [1.165, 1.54) is 0 Å². The van der Waals surface area contributed by atoms with E-state index in [-0.39, 0.29) is 23.7 Å². The lowest BCUT2D eigenvalue weighted by Crippen LogP contribution is -2.39. The number of phenolic OH excluding ortho intramolecular Hbond substituents is 2. The Bertz CT molecular complexity index is 741. The summed E-state index contributed by atoms with van der Waals surface area (Å²) in [4.78, 5) is 11.9. The molecule has 0 aliphatic carbocycles. The molecular formula is C21H22O5. The summed E-state index contributed by atoms with van der Waals surface area (Å²) in [5, 5.41) is 28.8. The molecule has 2 aromatic rings. The van der Waals surface area contributed by atoms with Gasteiger partial charge in [0, 0.05) is 6.42 Å². The maximum Gasteiger partial charge on any atom is 0.334 e. The molecule has 136 valence electrons. The number of carbonyl (C=O) groups excluding carboxylic acids is 1. The second-order valence-corrected chi connectivity index (χ2v) is 6.75. The Morgan fingerprint density at radius 2 is 1.27 bits per heavy atom. The maximum atomic E-state index is 11.9. The van der Waals surface area contributed by atoms with Gasteiger partial charge in [-0.05, 0) is 61.1 Å². The van der Waals surface area contributed by atoms with Crippen LogP contribution in [0.1, 0.15) is 30.4 Å². The van der Waals surface area contributed by atoms with Crippen molar-refractivity contribution >= 4 is 5.97 Å². The van der Waals surface area contributed by atoms with Gasteiger partial charge < -0.3 is 20.1 Å². The number of aromatic hydroxyl groups is 2. The third kappa shape index (κ3) is 4.57. The van der Waals surface area contributed by atoms with Crippen molar-refractivity contribution in [3.63, 3.8) is 0 Å². The lowest BCUT2D eigenvalue weighted by Gasteiger charge is -2.35. The minimum Gasteiger partial charge on any atom is -0.512 e. The summed E-state index contributed by atoms with van der Waals surface area (Å²) in [6.45, 7) is 0. The van der Waals surface area contributed by atoms with Crippen molar-refractivity contribution in [2.45, 2.75) is 37.7 Å². The summed E-state index contributed by atoms with van der Waals surface area (Å²) >= 11 is 0. The van der Waals surface area contributed by atoms with Crippen LogP contribution in [0.2, 0.25) is 0 Å². The van der Waals surface area contributed by atoms with Crippen LogP contribution in [0.4, 0.5) is 0 Å². The van der Waals surface area contributed by atoms with Gasteiger partial charge in [-0.3, -0.25) is 0 Å². The highest BCUT2D eigenvalue weighted by atomic mass is 16.6. The van der Waals surface area contributed by atoms with Crippen molar-refractivity contribution in [3.8, 4) is 11.5 Å². The van der Waals surface area contributed by atoms with Crippen LogP contribution in [-0.4, -0.2) is 26.9 Å². The summed E-state index contributed by atoms with van der Waals surface area (Å²) in [6, 6.07) is 13.9. The minimum absolute atomic E-state index is 0.0395. The highest BCUT2D eigenvalue weighted by Gasteiger charge is 2.37. The van der Waals surface area contributed by atoms with Gasteiger partial charge in [0.2, 0.25) is 0 Å². The molecule has 3 N–H and O–H groups in total. The highest BCUT2D eigenvalue weighted by Crippen LogP contribution is 2.34. The van der Waals surface area contributed by atoms with Gasteiger partial charge in [-0.15, -0.1) is 0 Å². The molecule has 2 aromatic carbocycles. The smallest absolute Gasteiger partial charge is 0.334 e. The number of hydrogen-bond acceptors (Lipinski definition) is 5. The molecule has 0 atom stereocenters. The van der Waals surface area contributed by atoms with Crippen molar-refractivity contribution in [3.05, 3.63) is 71.5 Å². The molecule has 0 spiro atoms. The van der Waals surface area contributed by atoms with E-state index in [4.69, 9.17) is 4.74 Å². The topological polar surface area (TPSA) is 87.0 Å². The Balaban J connectivity index is 1.73. The second kappa shape index (κ2) is 7.52. The van der Waals surface area contributed by atoms with E-state index in [1.54, 1.807) is 24.3 Å².